The summed E-state index contributed by atoms with van der Waals surface area (Å²) in [6, 6.07) is 6.70. The van der Waals surface area contributed by atoms with Gasteiger partial charge >= 0.3 is 0 Å². The Morgan fingerprint density at radius 1 is 1.14 bits per heavy atom. The number of piperidine rings is 1. The number of hydrogen-bond acceptors (Lipinski definition) is 4. The van der Waals surface area contributed by atoms with E-state index in [2.05, 4.69) is 16.9 Å². The monoisotopic (exact) mass is 405 g/mol. The number of nitrogens with one attached hydrogen (secondary N) is 2. The quantitative estimate of drug-likeness (QED) is 0.578. The van der Waals surface area contributed by atoms with E-state index in [0.29, 0.717) is 25.8 Å². The number of amides is 2. The molecule has 1 aliphatic heterocycles. The minimum Gasteiger partial charge on any atom is -0.273 e. The molecule has 0 radical (unpaired) electrons. The topological polar surface area (TPSA) is 95.6 Å². The highest BCUT2D eigenvalue weighted by Gasteiger charge is 2.33. The van der Waals surface area contributed by atoms with Crippen LogP contribution in [0.3, 0.4) is 0 Å². The van der Waals surface area contributed by atoms with Gasteiger partial charge in [0.05, 0.1) is 10.8 Å². The van der Waals surface area contributed by atoms with Crippen molar-refractivity contribution >= 4 is 21.8 Å². The predicted molar refractivity (Wildman–Crippen MR) is 105 cm³/mol. The number of nitrogens with zero attached hydrogens (tertiary/aromatic N) is 1. The first-order chi connectivity index (χ1) is 13.4. The van der Waals surface area contributed by atoms with Gasteiger partial charge in [-0.2, -0.15) is 4.31 Å². The molecule has 1 fully saturated rings. The Balaban J connectivity index is 1.54. The van der Waals surface area contributed by atoms with Crippen LogP contribution in [0.25, 0.3) is 0 Å². The van der Waals surface area contributed by atoms with Gasteiger partial charge in [-0.05, 0) is 50.7 Å². The highest BCUT2D eigenvalue weighted by Crippen LogP contribution is 2.24. The van der Waals surface area contributed by atoms with Crippen molar-refractivity contribution in [2.24, 2.45) is 11.8 Å². The van der Waals surface area contributed by atoms with Crippen molar-refractivity contribution in [3.63, 3.8) is 0 Å². The van der Waals surface area contributed by atoms with Crippen LogP contribution in [0.15, 0.2) is 41.3 Å². The van der Waals surface area contributed by atoms with Gasteiger partial charge in [-0.15, -0.1) is 0 Å². The molecular weight excluding hydrogens is 378 g/mol. The minimum absolute atomic E-state index is 0.114. The third-order valence-corrected chi connectivity index (χ3v) is 7.18. The van der Waals surface area contributed by atoms with Gasteiger partial charge in [0, 0.05) is 19.5 Å². The zero-order valence-electron chi connectivity index (χ0n) is 16.1. The van der Waals surface area contributed by atoms with E-state index >= 15 is 0 Å². The van der Waals surface area contributed by atoms with Crippen molar-refractivity contribution in [1.29, 1.82) is 0 Å². The molecule has 3 rings (SSSR count). The van der Waals surface area contributed by atoms with E-state index in [9.17, 15) is 18.0 Å². The van der Waals surface area contributed by atoms with Crippen LogP contribution in [0.2, 0.25) is 0 Å². The second-order valence-corrected chi connectivity index (χ2v) is 9.46. The first kappa shape index (κ1) is 20.5. The molecule has 2 N–H and O–H groups in total. The molecule has 0 unspecified atom stereocenters. The van der Waals surface area contributed by atoms with Crippen LogP contribution in [0.4, 0.5) is 0 Å². The van der Waals surface area contributed by atoms with E-state index in [4.69, 9.17) is 0 Å². The molecule has 0 bridgehead atoms. The maximum absolute atomic E-state index is 12.8. The summed E-state index contributed by atoms with van der Waals surface area (Å²) in [7, 11) is -3.63. The number of rotatable bonds is 5. The molecule has 152 valence electrons. The fraction of sp³-hybridized carbons (Fsp3) is 0.500. The third kappa shape index (κ3) is 4.99. The Bertz CT molecular complexity index is 849. The normalized spacial score (nSPS) is 22.8. The van der Waals surface area contributed by atoms with Crippen molar-refractivity contribution in [3.8, 4) is 0 Å². The molecule has 28 heavy (non-hydrogen) atoms. The summed E-state index contributed by atoms with van der Waals surface area (Å²) in [6.45, 7) is 2.40. The summed E-state index contributed by atoms with van der Waals surface area (Å²) >= 11 is 0. The van der Waals surface area contributed by atoms with Gasteiger partial charge in [-0.25, -0.2) is 8.42 Å². The second kappa shape index (κ2) is 8.87. The molecule has 1 aromatic carbocycles. The Morgan fingerprint density at radius 3 is 2.57 bits per heavy atom. The Morgan fingerprint density at radius 2 is 1.89 bits per heavy atom. The molecule has 0 spiro atoms. The Labute approximate surface area is 166 Å². The maximum atomic E-state index is 12.8. The first-order valence-electron chi connectivity index (χ1n) is 9.68. The lowest BCUT2D eigenvalue weighted by Gasteiger charge is -2.31. The molecule has 2 atom stereocenters. The summed E-state index contributed by atoms with van der Waals surface area (Å²) < 4.78 is 27.0. The molecule has 8 heteroatoms. The van der Waals surface area contributed by atoms with Gasteiger partial charge in [0.15, 0.2) is 0 Å². The molecule has 1 aliphatic carbocycles. The summed E-state index contributed by atoms with van der Waals surface area (Å²) in [6.07, 6.45) is 7.55. The number of benzene rings is 1. The molecule has 1 saturated heterocycles. The number of aryl methyl sites for hydroxylation is 1. The van der Waals surface area contributed by atoms with Gasteiger partial charge in [0.2, 0.25) is 21.8 Å². The summed E-state index contributed by atoms with van der Waals surface area (Å²) in [4.78, 5) is 24.6. The van der Waals surface area contributed by atoms with Crippen LogP contribution >= 0.6 is 0 Å². The smallest absolute Gasteiger partial charge is 0.243 e. The van der Waals surface area contributed by atoms with Crippen LogP contribution in [-0.2, 0) is 19.6 Å². The standard InChI is InChI=1S/C20H27N3O4S/c1-15-8-10-18(11-9-15)28(26,27)23-12-4-7-17(14-23)20(25)22-21-19(24)13-16-5-2-3-6-16/h2,5,8-11,16-17H,3-4,6-7,12-14H2,1H3,(H,21,24)(H,22,25)/t16-,17-/m0/s1. The molecular formula is C20H27N3O4S. The zero-order valence-corrected chi connectivity index (χ0v) is 16.9. The number of hydrogen-bond donors (Lipinski definition) is 2. The summed E-state index contributed by atoms with van der Waals surface area (Å²) in [5.41, 5.74) is 5.90. The SMILES string of the molecule is Cc1ccc(S(=O)(=O)N2CCC[C@H](C(=O)NNC(=O)C[C@H]3C=CCC3)C2)cc1. The van der Waals surface area contributed by atoms with Crippen LogP contribution in [0.5, 0.6) is 0 Å². The van der Waals surface area contributed by atoms with E-state index in [-0.39, 0.29) is 29.2 Å². The molecule has 1 heterocycles. The number of sulfonamides is 1. The van der Waals surface area contributed by atoms with Gasteiger partial charge in [-0.1, -0.05) is 29.8 Å². The molecule has 2 aliphatic rings. The summed E-state index contributed by atoms with van der Waals surface area (Å²) in [5, 5.41) is 0. The van der Waals surface area contributed by atoms with Gasteiger partial charge < -0.3 is 0 Å². The van der Waals surface area contributed by atoms with Crippen LogP contribution in [-0.4, -0.2) is 37.6 Å². The molecule has 2 amide bonds. The lowest BCUT2D eigenvalue weighted by Crippen LogP contribution is -2.50. The van der Waals surface area contributed by atoms with Gasteiger partial charge in [0.25, 0.3) is 0 Å². The molecule has 0 saturated carbocycles. The van der Waals surface area contributed by atoms with E-state index in [1.54, 1.807) is 24.3 Å². The van der Waals surface area contributed by atoms with Gasteiger partial charge in [0.1, 0.15) is 0 Å². The average molecular weight is 406 g/mol. The molecule has 7 nitrogen and oxygen atoms in total. The van der Waals surface area contributed by atoms with E-state index in [1.165, 1.54) is 4.31 Å². The highest BCUT2D eigenvalue weighted by atomic mass is 32.2. The third-order valence-electron chi connectivity index (χ3n) is 5.30. The van der Waals surface area contributed by atoms with E-state index in [0.717, 1.165) is 18.4 Å². The second-order valence-electron chi connectivity index (χ2n) is 7.52. The molecule has 0 aromatic heterocycles. The van der Waals surface area contributed by atoms with Crippen molar-refractivity contribution in [2.45, 2.75) is 43.9 Å². The van der Waals surface area contributed by atoms with Gasteiger partial charge in [-0.3, -0.25) is 20.4 Å². The van der Waals surface area contributed by atoms with Crippen molar-refractivity contribution < 1.29 is 18.0 Å². The van der Waals surface area contributed by atoms with Crippen LogP contribution in [0, 0.1) is 18.8 Å². The Hall–Kier alpha value is -2.19. The highest BCUT2D eigenvalue weighted by molar-refractivity contribution is 7.89. The fourth-order valence-electron chi connectivity index (χ4n) is 3.62. The van der Waals surface area contributed by atoms with Crippen molar-refractivity contribution in [2.75, 3.05) is 13.1 Å². The number of hydrazine groups is 1. The van der Waals surface area contributed by atoms with Crippen LogP contribution < -0.4 is 10.9 Å². The van der Waals surface area contributed by atoms with E-state index < -0.39 is 15.9 Å². The van der Waals surface area contributed by atoms with Crippen molar-refractivity contribution in [3.05, 3.63) is 42.0 Å². The molecule has 1 aromatic rings. The fourth-order valence-corrected chi connectivity index (χ4v) is 5.15. The van der Waals surface area contributed by atoms with E-state index in [1.807, 2.05) is 13.0 Å². The summed E-state index contributed by atoms with van der Waals surface area (Å²) in [5.74, 6) is -0.841. The lowest BCUT2D eigenvalue weighted by molar-refractivity contribution is -0.132. The van der Waals surface area contributed by atoms with Crippen LogP contribution in [0.1, 0.15) is 37.7 Å². The first-order valence-corrected chi connectivity index (χ1v) is 11.1. The lowest BCUT2D eigenvalue weighted by atomic mass is 9.99. The predicted octanol–water partition coefficient (Wildman–Crippen LogP) is 1.90. The minimum atomic E-state index is -3.63. The average Bonchev–Trinajstić information content (AvgIpc) is 3.19. The number of carbonyl (C=O) groups excluding carboxylic acids is 2. The maximum Gasteiger partial charge on any atom is 0.243 e. The zero-order chi connectivity index (χ0) is 20.1. The van der Waals surface area contributed by atoms with Crippen molar-refractivity contribution in [1.82, 2.24) is 15.2 Å². The number of allylic oxidation sites excluding steroid dienone is 2. The Kier molecular flexibility index (Phi) is 6.51. The number of carbonyl (C=O) groups is 2. The largest absolute Gasteiger partial charge is 0.273 e.